The number of imide groups is 1. The van der Waals surface area contributed by atoms with Gasteiger partial charge in [0.2, 0.25) is 11.7 Å². The van der Waals surface area contributed by atoms with E-state index >= 15 is 0 Å². The SMILES string of the molecule is CCOc1ccc(N2C(=O)[C@@H]3[C@@H](ON(c4ccccc4)[C@H]3c3cc(OC)c(OC)c(OC)c3)C2=O)cc1. The van der Waals surface area contributed by atoms with Crippen LogP contribution >= 0.6 is 0 Å². The predicted octanol–water partition coefficient (Wildman–Crippen LogP) is 4.16. The standard InChI is InChI=1S/C28H28N2O7/c1-5-36-20-13-11-18(12-14-20)29-27(31)23-24(17-15-21(33-2)25(35-4)22(16-17)34-3)30(37-26(23)28(29)32)19-9-7-6-8-10-19/h6-16,23-24,26H,5H2,1-4H3/t23-,24-,26+/m0/s1. The van der Waals surface area contributed by atoms with Gasteiger partial charge in [0.05, 0.1) is 45.4 Å². The highest BCUT2D eigenvalue weighted by Gasteiger charge is 2.60. The number of amides is 2. The lowest BCUT2D eigenvalue weighted by molar-refractivity contribution is -0.126. The fourth-order valence-electron chi connectivity index (χ4n) is 4.94. The van der Waals surface area contributed by atoms with Gasteiger partial charge in [-0.15, -0.1) is 0 Å². The number of benzene rings is 3. The van der Waals surface area contributed by atoms with Gasteiger partial charge >= 0.3 is 0 Å². The van der Waals surface area contributed by atoms with Gasteiger partial charge in [-0.2, -0.15) is 0 Å². The van der Waals surface area contributed by atoms with Gasteiger partial charge in [0.1, 0.15) is 11.7 Å². The molecule has 0 radical (unpaired) electrons. The summed E-state index contributed by atoms with van der Waals surface area (Å²) >= 11 is 0. The minimum absolute atomic E-state index is 0.351. The second-order valence-electron chi connectivity index (χ2n) is 8.56. The van der Waals surface area contributed by atoms with E-state index in [1.165, 1.54) is 26.2 Å². The van der Waals surface area contributed by atoms with E-state index in [-0.39, 0.29) is 5.91 Å². The molecule has 0 aliphatic carbocycles. The van der Waals surface area contributed by atoms with Crippen LogP contribution in [0.15, 0.2) is 66.7 Å². The first-order valence-corrected chi connectivity index (χ1v) is 11.9. The van der Waals surface area contributed by atoms with Crippen molar-refractivity contribution in [2.45, 2.75) is 19.1 Å². The molecule has 2 fully saturated rings. The Morgan fingerprint density at radius 2 is 1.46 bits per heavy atom. The summed E-state index contributed by atoms with van der Waals surface area (Å²) in [4.78, 5) is 34.9. The van der Waals surface area contributed by atoms with Gasteiger partial charge in [-0.1, -0.05) is 18.2 Å². The topological polar surface area (TPSA) is 86.8 Å². The van der Waals surface area contributed by atoms with E-state index in [0.29, 0.717) is 46.5 Å². The van der Waals surface area contributed by atoms with Gasteiger partial charge in [-0.25, -0.2) is 9.96 Å². The minimum atomic E-state index is -0.997. The molecule has 0 spiro atoms. The lowest BCUT2D eigenvalue weighted by atomic mass is 9.90. The van der Waals surface area contributed by atoms with E-state index in [9.17, 15) is 9.59 Å². The number of hydrogen-bond acceptors (Lipinski definition) is 8. The molecule has 0 saturated carbocycles. The number of fused-ring (bicyclic) bond motifs is 1. The zero-order valence-electron chi connectivity index (χ0n) is 21.0. The van der Waals surface area contributed by atoms with Gasteiger partial charge in [0, 0.05) is 0 Å². The van der Waals surface area contributed by atoms with Crippen LogP contribution in [0.25, 0.3) is 0 Å². The fraction of sp³-hybridized carbons (Fsp3) is 0.286. The predicted molar refractivity (Wildman–Crippen MR) is 136 cm³/mol. The smallest absolute Gasteiger partial charge is 0.266 e. The number of anilines is 2. The minimum Gasteiger partial charge on any atom is -0.494 e. The third kappa shape index (κ3) is 4.11. The number of para-hydroxylation sites is 1. The van der Waals surface area contributed by atoms with Crippen LogP contribution in [0.3, 0.4) is 0 Å². The van der Waals surface area contributed by atoms with Crippen LogP contribution in [-0.4, -0.2) is 45.9 Å². The van der Waals surface area contributed by atoms with Crippen LogP contribution in [0.4, 0.5) is 11.4 Å². The Hall–Kier alpha value is -4.24. The number of carbonyl (C=O) groups excluding carboxylic acids is 2. The number of ether oxygens (including phenoxy) is 4. The Morgan fingerprint density at radius 1 is 0.811 bits per heavy atom. The van der Waals surface area contributed by atoms with Crippen LogP contribution in [0.5, 0.6) is 23.0 Å². The zero-order valence-corrected chi connectivity index (χ0v) is 21.0. The van der Waals surface area contributed by atoms with Crippen molar-refractivity contribution in [3.8, 4) is 23.0 Å². The zero-order chi connectivity index (χ0) is 26.1. The van der Waals surface area contributed by atoms with Gasteiger partial charge < -0.3 is 18.9 Å². The van der Waals surface area contributed by atoms with Crippen LogP contribution in [0.1, 0.15) is 18.5 Å². The van der Waals surface area contributed by atoms with Crippen LogP contribution in [0, 0.1) is 5.92 Å². The normalized spacial score (nSPS) is 20.7. The maximum Gasteiger partial charge on any atom is 0.266 e. The van der Waals surface area contributed by atoms with Crippen molar-refractivity contribution < 1.29 is 33.4 Å². The molecular weight excluding hydrogens is 476 g/mol. The number of nitrogens with zero attached hydrogens (tertiary/aromatic N) is 2. The monoisotopic (exact) mass is 504 g/mol. The first-order valence-electron chi connectivity index (χ1n) is 11.9. The highest BCUT2D eigenvalue weighted by Crippen LogP contribution is 2.50. The molecule has 0 N–H and O–H groups in total. The Morgan fingerprint density at radius 3 is 2.03 bits per heavy atom. The maximum absolute atomic E-state index is 13.9. The molecule has 2 saturated heterocycles. The summed E-state index contributed by atoms with van der Waals surface area (Å²) < 4.78 is 22.1. The van der Waals surface area contributed by atoms with Gasteiger partial charge in [-0.05, 0) is 61.0 Å². The molecule has 192 valence electrons. The Labute approximate surface area is 215 Å². The van der Waals surface area contributed by atoms with Gasteiger partial charge in [0.15, 0.2) is 17.6 Å². The molecule has 0 aromatic heterocycles. The Bertz CT molecular complexity index is 1270. The molecule has 3 atom stereocenters. The molecule has 2 aliphatic heterocycles. The molecule has 2 amide bonds. The van der Waals surface area contributed by atoms with Gasteiger partial charge in [0.25, 0.3) is 5.91 Å². The largest absolute Gasteiger partial charge is 0.494 e. The number of methoxy groups -OCH3 is 3. The summed E-state index contributed by atoms with van der Waals surface area (Å²) in [5, 5.41) is 1.63. The molecule has 2 heterocycles. The molecule has 2 aliphatic rings. The fourth-order valence-corrected chi connectivity index (χ4v) is 4.94. The lowest BCUT2D eigenvalue weighted by Gasteiger charge is -2.29. The van der Waals surface area contributed by atoms with Crippen molar-refractivity contribution >= 4 is 23.2 Å². The number of rotatable bonds is 8. The number of carbonyl (C=O) groups is 2. The van der Waals surface area contributed by atoms with E-state index in [2.05, 4.69) is 0 Å². The van der Waals surface area contributed by atoms with Crippen molar-refractivity contribution in [1.82, 2.24) is 0 Å². The molecule has 3 aromatic carbocycles. The van der Waals surface area contributed by atoms with Gasteiger partial charge in [-0.3, -0.25) is 14.4 Å². The molecule has 37 heavy (non-hydrogen) atoms. The van der Waals surface area contributed by atoms with Crippen molar-refractivity contribution in [2.75, 3.05) is 37.9 Å². The average Bonchev–Trinajstić information content (AvgIpc) is 3.44. The Kier molecular flexibility index (Phi) is 6.62. The summed E-state index contributed by atoms with van der Waals surface area (Å²) in [5.74, 6) is 0.392. The lowest BCUT2D eigenvalue weighted by Crippen LogP contribution is -2.37. The van der Waals surface area contributed by atoms with Crippen LogP contribution in [-0.2, 0) is 14.4 Å². The third-order valence-corrected chi connectivity index (χ3v) is 6.56. The Balaban J connectivity index is 1.59. The van der Waals surface area contributed by atoms with E-state index in [1.807, 2.05) is 37.3 Å². The molecule has 0 unspecified atom stereocenters. The molecule has 9 heteroatoms. The van der Waals surface area contributed by atoms with Crippen LogP contribution in [0.2, 0.25) is 0 Å². The van der Waals surface area contributed by atoms with Crippen molar-refractivity contribution in [1.29, 1.82) is 0 Å². The highest BCUT2D eigenvalue weighted by molar-refractivity contribution is 6.24. The van der Waals surface area contributed by atoms with Crippen molar-refractivity contribution in [3.63, 3.8) is 0 Å². The summed E-state index contributed by atoms with van der Waals surface area (Å²) in [5.41, 5.74) is 1.86. The van der Waals surface area contributed by atoms with E-state index in [0.717, 1.165) is 0 Å². The molecule has 0 bridgehead atoms. The summed E-state index contributed by atoms with van der Waals surface area (Å²) in [6, 6.07) is 19.2. The maximum atomic E-state index is 13.9. The van der Waals surface area contributed by atoms with Crippen LogP contribution < -0.4 is 28.9 Å². The first-order chi connectivity index (χ1) is 18.0. The highest BCUT2D eigenvalue weighted by atomic mass is 16.7. The first kappa shape index (κ1) is 24.5. The average molecular weight is 505 g/mol. The summed E-state index contributed by atoms with van der Waals surface area (Å²) in [6.07, 6.45) is -0.997. The number of hydrogen-bond donors (Lipinski definition) is 0. The summed E-state index contributed by atoms with van der Waals surface area (Å²) in [7, 11) is 4.59. The molecular formula is C28H28N2O7. The summed E-state index contributed by atoms with van der Waals surface area (Å²) in [6.45, 7) is 2.41. The molecule has 9 nitrogen and oxygen atoms in total. The second-order valence-corrected chi connectivity index (χ2v) is 8.56. The third-order valence-electron chi connectivity index (χ3n) is 6.56. The quantitative estimate of drug-likeness (QED) is 0.423. The van der Waals surface area contributed by atoms with E-state index in [4.69, 9.17) is 23.8 Å². The molecule has 5 rings (SSSR count). The number of hydroxylamine groups is 1. The molecule has 3 aromatic rings. The van der Waals surface area contributed by atoms with Crippen molar-refractivity contribution in [2.24, 2.45) is 5.92 Å². The van der Waals surface area contributed by atoms with E-state index in [1.54, 1.807) is 41.5 Å². The van der Waals surface area contributed by atoms with E-state index < -0.39 is 24.0 Å². The second kappa shape index (κ2) is 10.0. The van der Waals surface area contributed by atoms with Crippen molar-refractivity contribution in [3.05, 3.63) is 72.3 Å².